The summed E-state index contributed by atoms with van der Waals surface area (Å²) in [7, 11) is -3.61. The van der Waals surface area contributed by atoms with Gasteiger partial charge in [-0.05, 0) is 44.4 Å². The molecule has 0 saturated carbocycles. The Hall–Kier alpha value is -3.27. The maximum atomic E-state index is 13.4. The van der Waals surface area contributed by atoms with Crippen LogP contribution < -0.4 is 19.1 Å². The van der Waals surface area contributed by atoms with E-state index in [9.17, 15) is 18.0 Å². The molecule has 1 N–H and O–H groups in total. The van der Waals surface area contributed by atoms with E-state index in [4.69, 9.17) is 9.47 Å². The highest BCUT2D eigenvalue weighted by Gasteiger charge is 2.28. The van der Waals surface area contributed by atoms with E-state index in [1.807, 2.05) is 45.0 Å². The second kappa shape index (κ2) is 12.8. The van der Waals surface area contributed by atoms with Gasteiger partial charge in [0, 0.05) is 32.1 Å². The molecule has 1 atom stereocenters. The summed E-state index contributed by atoms with van der Waals surface area (Å²) in [4.78, 5) is 27.8. The molecule has 0 aromatic heterocycles. The molecule has 0 radical (unpaired) electrons. The Kier molecular flexibility index (Phi) is 9.79. The van der Waals surface area contributed by atoms with Crippen LogP contribution in [0.3, 0.4) is 0 Å². The second-order valence-corrected chi connectivity index (χ2v) is 11.0. The topological polar surface area (TPSA) is 105 Å². The molecule has 0 saturated heterocycles. The maximum Gasteiger partial charge on any atom is 0.242 e. The van der Waals surface area contributed by atoms with Crippen LogP contribution in [0.4, 0.5) is 5.69 Å². The fraction of sp³-hybridized carbons (Fsp3) is 0.481. The number of carbonyl (C=O) groups is 2. The number of hydrogen-bond donors (Lipinski definition) is 1. The average Bonchev–Trinajstić information content (AvgIpc) is 2.86. The normalized spacial score (nSPS) is 13.5. The molecule has 0 aliphatic carbocycles. The first-order chi connectivity index (χ1) is 17.6. The summed E-state index contributed by atoms with van der Waals surface area (Å²) in [5, 5.41) is 2.82. The van der Waals surface area contributed by atoms with Gasteiger partial charge in [-0.3, -0.25) is 13.9 Å². The number of anilines is 1. The van der Waals surface area contributed by atoms with Crippen molar-refractivity contribution >= 4 is 27.5 Å². The summed E-state index contributed by atoms with van der Waals surface area (Å²) in [5.41, 5.74) is 2.48. The van der Waals surface area contributed by atoms with Gasteiger partial charge in [-0.1, -0.05) is 36.8 Å². The number of rotatable bonds is 12. The molecule has 0 spiro atoms. The van der Waals surface area contributed by atoms with Gasteiger partial charge in [0.1, 0.15) is 19.3 Å². The molecule has 202 valence electrons. The molecule has 10 heteroatoms. The molecular formula is C27H37N3O6S. The first-order valence-electron chi connectivity index (χ1n) is 12.6. The third kappa shape index (κ3) is 7.61. The van der Waals surface area contributed by atoms with Crippen LogP contribution in [-0.4, -0.2) is 63.7 Å². The molecule has 2 aromatic rings. The maximum absolute atomic E-state index is 13.4. The van der Waals surface area contributed by atoms with E-state index in [1.165, 1.54) is 4.31 Å². The molecule has 0 unspecified atom stereocenters. The number of benzene rings is 2. The minimum atomic E-state index is -3.61. The Labute approximate surface area is 219 Å². The highest BCUT2D eigenvalue weighted by atomic mass is 32.2. The van der Waals surface area contributed by atoms with Crippen LogP contribution in [0.2, 0.25) is 0 Å². The summed E-state index contributed by atoms with van der Waals surface area (Å²) in [5.74, 6) is 0.667. The highest BCUT2D eigenvalue weighted by molar-refractivity contribution is 7.92. The number of amides is 2. The zero-order valence-electron chi connectivity index (χ0n) is 22.0. The summed E-state index contributed by atoms with van der Waals surface area (Å²) < 4.78 is 37.6. The third-order valence-corrected chi connectivity index (χ3v) is 7.37. The van der Waals surface area contributed by atoms with E-state index in [-0.39, 0.29) is 31.2 Å². The third-order valence-electron chi connectivity index (χ3n) is 6.18. The van der Waals surface area contributed by atoms with Crippen LogP contribution in [0.1, 0.15) is 44.2 Å². The zero-order chi connectivity index (χ0) is 27.0. The number of ether oxygens (including phenoxy) is 2. The fourth-order valence-corrected chi connectivity index (χ4v) is 5.25. The lowest BCUT2D eigenvalue weighted by atomic mass is 10.1. The van der Waals surface area contributed by atoms with Gasteiger partial charge in [0.25, 0.3) is 0 Å². The van der Waals surface area contributed by atoms with E-state index in [0.717, 1.165) is 17.4 Å². The molecule has 1 heterocycles. The summed E-state index contributed by atoms with van der Waals surface area (Å²) in [6.45, 7) is 7.43. The van der Waals surface area contributed by atoms with E-state index in [1.54, 1.807) is 23.1 Å². The van der Waals surface area contributed by atoms with E-state index in [2.05, 4.69) is 5.32 Å². The van der Waals surface area contributed by atoms with Gasteiger partial charge in [0.2, 0.25) is 21.8 Å². The number of nitrogens with zero attached hydrogens (tertiary/aromatic N) is 2. The van der Waals surface area contributed by atoms with E-state index < -0.39 is 16.1 Å². The summed E-state index contributed by atoms with van der Waals surface area (Å²) in [6, 6.07) is 12.2. The lowest BCUT2D eigenvalue weighted by Crippen LogP contribution is -2.49. The molecule has 9 nitrogen and oxygen atoms in total. The molecular weight excluding hydrogens is 494 g/mol. The largest absolute Gasteiger partial charge is 0.486 e. The SMILES string of the molecule is CCNC(=O)[C@@H](CC)N(Cc1ccc(C)cc1)C(=O)CCCN(c1ccc2c(c1)OCCO2)S(C)(=O)=O. The lowest BCUT2D eigenvalue weighted by Gasteiger charge is -2.31. The Morgan fingerprint density at radius 3 is 2.32 bits per heavy atom. The smallest absolute Gasteiger partial charge is 0.242 e. The Morgan fingerprint density at radius 2 is 1.70 bits per heavy atom. The minimum absolute atomic E-state index is 0.0956. The number of fused-ring (bicyclic) bond motifs is 1. The fourth-order valence-electron chi connectivity index (χ4n) is 4.29. The predicted octanol–water partition coefficient (Wildman–Crippen LogP) is 3.26. The van der Waals surface area contributed by atoms with Crippen molar-refractivity contribution in [1.29, 1.82) is 0 Å². The summed E-state index contributed by atoms with van der Waals surface area (Å²) in [6.07, 6.45) is 1.99. The lowest BCUT2D eigenvalue weighted by molar-refractivity contribution is -0.141. The van der Waals surface area contributed by atoms with Crippen LogP contribution in [-0.2, 0) is 26.2 Å². The number of carbonyl (C=O) groups excluding carboxylic acids is 2. The molecule has 1 aliphatic heterocycles. The van der Waals surface area contributed by atoms with Crippen molar-refractivity contribution < 1.29 is 27.5 Å². The van der Waals surface area contributed by atoms with Gasteiger partial charge in [-0.2, -0.15) is 0 Å². The number of aryl methyl sites for hydroxylation is 1. The highest BCUT2D eigenvalue weighted by Crippen LogP contribution is 2.34. The Bertz CT molecular complexity index is 1180. The van der Waals surface area contributed by atoms with Crippen molar-refractivity contribution in [3.05, 3.63) is 53.6 Å². The molecule has 1 aliphatic rings. The van der Waals surface area contributed by atoms with Crippen molar-refractivity contribution in [3.8, 4) is 11.5 Å². The van der Waals surface area contributed by atoms with Crippen molar-refractivity contribution in [3.63, 3.8) is 0 Å². The first kappa shape index (κ1) is 28.3. The van der Waals surface area contributed by atoms with Gasteiger partial charge >= 0.3 is 0 Å². The van der Waals surface area contributed by atoms with Crippen LogP contribution in [0.25, 0.3) is 0 Å². The molecule has 2 amide bonds. The van der Waals surface area contributed by atoms with Crippen LogP contribution >= 0.6 is 0 Å². The second-order valence-electron chi connectivity index (χ2n) is 9.09. The number of likely N-dealkylation sites (N-methyl/N-ethyl adjacent to an activating group) is 1. The Balaban J connectivity index is 1.75. The van der Waals surface area contributed by atoms with Crippen molar-refractivity contribution in [2.75, 3.05) is 36.9 Å². The number of nitrogens with one attached hydrogen (secondary N) is 1. The Morgan fingerprint density at radius 1 is 1.03 bits per heavy atom. The zero-order valence-corrected chi connectivity index (χ0v) is 22.8. The number of hydrogen-bond acceptors (Lipinski definition) is 6. The molecule has 0 bridgehead atoms. The van der Waals surface area contributed by atoms with Gasteiger partial charge in [-0.25, -0.2) is 8.42 Å². The van der Waals surface area contributed by atoms with Crippen LogP contribution in [0.15, 0.2) is 42.5 Å². The number of sulfonamides is 1. The van der Waals surface area contributed by atoms with Crippen molar-refractivity contribution in [1.82, 2.24) is 10.2 Å². The van der Waals surface area contributed by atoms with E-state index >= 15 is 0 Å². The average molecular weight is 532 g/mol. The predicted molar refractivity (Wildman–Crippen MR) is 143 cm³/mol. The molecule has 37 heavy (non-hydrogen) atoms. The van der Waals surface area contributed by atoms with Gasteiger partial charge in [-0.15, -0.1) is 0 Å². The van der Waals surface area contributed by atoms with Crippen LogP contribution in [0.5, 0.6) is 11.5 Å². The molecule has 3 rings (SSSR count). The van der Waals surface area contributed by atoms with Gasteiger partial charge in [0.05, 0.1) is 11.9 Å². The van der Waals surface area contributed by atoms with Gasteiger partial charge < -0.3 is 19.7 Å². The van der Waals surface area contributed by atoms with Gasteiger partial charge in [0.15, 0.2) is 11.5 Å². The summed E-state index contributed by atoms with van der Waals surface area (Å²) >= 11 is 0. The van der Waals surface area contributed by atoms with Crippen LogP contribution in [0, 0.1) is 6.92 Å². The van der Waals surface area contributed by atoms with Crippen molar-refractivity contribution in [2.45, 2.75) is 52.6 Å². The molecule has 2 aromatic carbocycles. The molecule has 0 fully saturated rings. The first-order valence-corrected chi connectivity index (χ1v) is 14.5. The quantitative estimate of drug-likeness (QED) is 0.451. The monoisotopic (exact) mass is 531 g/mol. The minimum Gasteiger partial charge on any atom is -0.486 e. The standard InChI is InChI=1S/C27H37N3O6S/c1-5-23(27(32)28-6-2)29(19-21-11-9-20(3)10-12-21)26(31)8-7-15-30(37(4,33)34)22-13-14-24-25(18-22)36-17-16-35-24/h9-14,18,23H,5-8,15-17,19H2,1-4H3,(H,28,32)/t23-/m1/s1. The van der Waals surface area contributed by atoms with Crippen molar-refractivity contribution in [2.24, 2.45) is 0 Å². The van der Waals surface area contributed by atoms with E-state index in [0.29, 0.717) is 49.9 Å².